The molecule has 1 heterocycles. The molecule has 266 valence electrons. The maximum Gasteiger partial charge on any atom is 0.321 e. The van der Waals surface area contributed by atoms with Gasteiger partial charge in [0.15, 0.2) is 0 Å². The third-order valence-electron chi connectivity index (χ3n) is 10.1. The zero-order chi connectivity index (χ0) is 37.0. The molecule has 1 aliphatic heterocycles. The van der Waals surface area contributed by atoms with Crippen LogP contribution in [0.2, 0.25) is 10.0 Å². The fourth-order valence-electron chi connectivity index (χ4n) is 7.02. The van der Waals surface area contributed by atoms with Gasteiger partial charge in [0, 0.05) is 23.1 Å². The van der Waals surface area contributed by atoms with Gasteiger partial charge in [0.1, 0.15) is 0 Å². The van der Waals surface area contributed by atoms with Gasteiger partial charge in [-0.3, -0.25) is 0 Å². The minimum Gasteiger partial charge on any atom is -0.311 e. The third-order valence-corrected chi connectivity index (χ3v) is 11.0. The van der Waals surface area contributed by atoms with Crippen LogP contribution in [0.1, 0.15) is 140 Å². The molecular weight excluding hydrogens is 655 g/mol. The number of amides is 2. The van der Waals surface area contributed by atoms with Crippen molar-refractivity contribution < 1.29 is 4.79 Å². The molecule has 0 spiro atoms. The Balaban J connectivity index is 1.73. The standard InChI is InChI=1S/C45H56Cl2N2O/c1-42(2,3)33-23-31(37(46)35(25-33)44(7,8)9)27-48-39(29-19-15-13-16-20-29)40(30-21-17-14-18-22-30)49(41(48)50)28-32-24-34(43(4,5)6)26-36(38(32)47)45(10,11)12/h13-26,39-40H,27-28H2,1-12H3/t39-,40-/m0/s1. The molecule has 4 aromatic rings. The first-order valence-electron chi connectivity index (χ1n) is 17.9. The average molecular weight is 712 g/mol. The predicted octanol–water partition coefficient (Wildman–Crippen LogP) is 13.1. The number of nitrogens with zero attached hydrogens (tertiary/aromatic N) is 2. The predicted molar refractivity (Wildman–Crippen MR) is 213 cm³/mol. The van der Waals surface area contributed by atoms with Crippen molar-refractivity contribution in [3.05, 3.63) is 139 Å². The highest BCUT2D eigenvalue weighted by Gasteiger charge is 2.48. The summed E-state index contributed by atoms with van der Waals surface area (Å²) in [4.78, 5) is 19.3. The maximum absolute atomic E-state index is 15.2. The van der Waals surface area contributed by atoms with Crippen molar-refractivity contribution in [3.8, 4) is 0 Å². The zero-order valence-electron chi connectivity index (χ0n) is 32.2. The van der Waals surface area contributed by atoms with E-state index < -0.39 is 0 Å². The maximum atomic E-state index is 15.2. The van der Waals surface area contributed by atoms with Crippen LogP contribution in [0.3, 0.4) is 0 Å². The number of benzene rings is 4. The minimum atomic E-state index is -0.259. The normalized spacial score (nSPS) is 17.5. The summed E-state index contributed by atoms with van der Waals surface area (Å²) < 4.78 is 0. The van der Waals surface area contributed by atoms with Crippen molar-refractivity contribution in [2.45, 2.75) is 130 Å². The lowest BCUT2D eigenvalue weighted by molar-refractivity contribution is 0.181. The van der Waals surface area contributed by atoms with Crippen LogP contribution in [-0.2, 0) is 34.7 Å². The highest BCUT2D eigenvalue weighted by atomic mass is 35.5. The molecule has 1 fully saturated rings. The van der Waals surface area contributed by atoms with Crippen molar-refractivity contribution in [2.24, 2.45) is 0 Å². The number of carbonyl (C=O) groups excluding carboxylic acids is 1. The minimum absolute atomic E-state index is 0.0308. The second-order valence-corrected chi connectivity index (χ2v) is 19.0. The van der Waals surface area contributed by atoms with E-state index in [1.807, 2.05) is 21.9 Å². The van der Waals surface area contributed by atoms with Crippen LogP contribution < -0.4 is 0 Å². The van der Waals surface area contributed by atoms with Crippen molar-refractivity contribution in [2.75, 3.05) is 0 Å². The Morgan fingerprint density at radius 2 is 0.820 bits per heavy atom. The van der Waals surface area contributed by atoms with E-state index in [0.29, 0.717) is 13.1 Å². The molecule has 2 atom stereocenters. The summed E-state index contributed by atoms with van der Waals surface area (Å²) in [6.45, 7) is 27.4. The van der Waals surface area contributed by atoms with E-state index in [0.717, 1.165) is 43.4 Å². The molecule has 3 nitrogen and oxygen atoms in total. The van der Waals surface area contributed by atoms with Gasteiger partial charge in [-0.05, 0) is 66.2 Å². The molecular formula is C45H56Cl2N2O. The van der Waals surface area contributed by atoms with Crippen LogP contribution in [0.5, 0.6) is 0 Å². The lowest BCUT2D eigenvalue weighted by atomic mass is 9.79. The summed E-state index contributed by atoms with van der Waals surface area (Å²) in [5.41, 5.74) is 8.20. The van der Waals surface area contributed by atoms with Crippen LogP contribution in [0.4, 0.5) is 4.79 Å². The lowest BCUT2D eigenvalue weighted by Gasteiger charge is -2.31. The zero-order valence-corrected chi connectivity index (χ0v) is 33.7. The number of hydrogen-bond donors (Lipinski definition) is 0. The van der Waals surface area contributed by atoms with E-state index in [1.165, 1.54) is 11.1 Å². The van der Waals surface area contributed by atoms with Gasteiger partial charge in [-0.2, -0.15) is 0 Å². The van der Waals surface area contributed by atoms with Crippen molar-refractivity contribution in [1.29, 1.82) is 0 Å². The van der Waals surface area contributed by atoms with Gasteiger partial charge in [0.25, 0.3) is 0 Å². The largest absolute Gasteiger partial charge is 0.321 e. The van der Waals surface area contributed by atoms with Gasteiger partial charge in [-0.1, -0.05) is 191 Å². The Kier molecular flexibility index (Phi) is 10.4. The average Bonchev–Trinajstić information content (AvgIpc) is 3.28. The summed E-state index contributed by atoms with van der Waals surface area (Å²) >= 11 is 14.7. The van der Waals surface area contributed by atoms with Crippen LogP contribution in [0, 0.1) is 0 Å². The van der Waals surface area contributed by atoms with Crippen molar-refractivity contribution in [1.82, 2.24) is 9.80 Å². The molecule has 2 amide bonds. The highest BCUT2D eigenvalue weighted by molar-refractivity contribution is 6.32. The van der Waals surface area contributed by atoms with E-state index in [9.17, 15) is 0 Å². The van der Waals surface area contributed by atoms with Gasteiger partial charge >= 0.3 is 6.03 Å². The Hall–Kier alpha value is -3.27. The second kappa shape index (κ2) is 13.7. The first-order chi connectivity index (χ1) is 23.1. The van der Waals surface area contributed by atoms with Gasteiger partial charge in [0.2, 0.25) is 0 Å². The number of urea groups is 1. The smallest absolute Gasteiger partial charge is 0.311 e. The summed E-state index contributed by atoms with van der Waals surface area (Å²) in [5.74, 6) is 0. The molecule has 0 aromatic heterocycles. The molecule has 0 unspecified atom stereocenters. The Bertz CT molecular complexity index is 1700. The van der Waals surface area contributed by atoms with E-state index in [4.69, 9.17) is 23.2 Å². The van der Waals surface area contributed by atoms with Gasteiger partial charge < -0.3 is 9.80 Å². The first kappa shape index (κ1) is 38.0. The molecule has 0 radical (unpaired) electrons. The fraction of sp³-hybridized carbons (Fsp3) is 0.444. The molecule has 1 saturated heterocycles. The molecule has 50 heavy (non-hydrogen) atoms. The molecule has 1 aliphatic rings. The van der Waals surface area contributed by atoms with Crippen LogP contribution >= 0.6 is 23.2 Å². The summed E-state index contributed by atoms with van der Waals surface area (Å²) in [5, 5.41) is 1.46. The topological polar surface area (TPSA) is 23.6 Å². The molecule has 5 rings (SSSR count). The number of halogens is 2. The van der Waals surface area contributed by atoms with Crippen LogP contribution in [-0.4, -0.2) is 15.8 Å². The van der Waals surface area contributed by atoms with Gasteiger partial charge in [0.05, 0.1) is 12.1 Å². The molecule has 0 bridgehead atoms. The monoisotopic (exact) mass is 710 g/mol. The van der Waals surface area contributed by atoms with Crippen LogP contribution in [0.25, 0.3) is 0 Å². The number of hydrogen-bond acceptors (Lipinski definition) is 1. The first-order valence-corrected chi connectivity index (χ1v) is 18.7. The van der Waals surface area contributed by atoms with E-state index in [2.05, 4.69) is 156 Å². The van der Waals surface area contributed by atoms with E-state index in [-0.39, 0.29) is 39.8 Å². The lowest BCUT2D eigenvalue weighted by Crippen LogP contribution is -2.33. The second-order valence-electron chi connectivity index (χ2n) is 18.2. The van der Waals surface area contributed by atoms with E-state index >= 15 is 4.79 Å². The van der Waals surface area contributed by atoms with Crippen molar-refractivity contribution in [3.63, 3.8) is 0 Å². The molecule has 5 heteroatoms. The molecule has 0 N–H and O–H groups in total. The van der Waals surface area contributed by atoms with Crippen LogP contribution in [0.15, 0.2) is 84.9 Å². The fourth-order valence-corrected chi connectivity index (χ4v) is 7.93. The van der Waals surface area contributed by atoms with Crippen molar-refractivity contribution >= 4 is 29.2 Å². The summed E-state index contributed by atoms with van der Waals surface area (Å²) in [6.07, 6.45) is 0. The molecule has 0 aliphatic carbocycles. The SMILES string of the molecule is CC(C)(C)c1cc(CN2C(=O)N(Cc3cc(C(C)(C)C)cc(C(C)(C)C)c3Cl)[C@@H](c3ccccc3)[C@@H]2c2ccccc2)c(Cl)c(C(C)(C)C)c1. The number of carbonyl (C=O) groups is 1. The Morgan fingerprint density at radius 1 is 0.500 bits per heavy atom. The highest BCUT2D eigenvalue weighted by Crippen LogP contribution is 2.49. The molecule has 0 saturated carbocycles. The quantitative estimate of drug-likeness (QED) is 0.195. The summed E-state index contributed by atoms with van der Waals surface area (Å²) in [6, 6.07) is 29.3. The third kappa shape index (κ3) is 7.80. The van der Waals surface area contributed by atoms with Gasteiger partial charge in [-0.15, -0.1) is 0 Å². The van der Waals surface area contributed by atoms with E-state index in [1.54, 1.807) is 0 Å². The number of rotatable bonds is 6. The Morgan fingerprint density at radius 3 is 1.10 bits per heavy atom. The molecule has 4 aromatic carbocycles. The Labute approximate surface area is 312 Å². The summed E-state index contributed by atoms with van der Waals surface area (Å²) in [7, 11) is 0. The van der Waals surface area contributed by atoms with Gasteiger partial charge in [-0.25, -0.2) is 4.79 Å².